The number of carbonyl (C=O) groups is 2. The average molecular weight is 246 g/mol. The van der Waals surface area contributed by atoms with Crippen molar-refractivity contribution < 1.29 is 24.9 Å². The fraction of sp³-hybridized carbons (Fsp3) is 0.833. The lowest BCUT2D eigenvalue weighted by Crippen LogP contribution is -2.43. The molecule has 0 bridgehead atoms. The van der Waals surface area contributed by atoms with Crippen molar-refractivity contribution in [2.24, 2.45) is 17.8 Å². The number of hydrogen-bond donors (Lipinski definition) is 3. The third kappa shape index (κ3) is 5.17. The van der Waals surface area contributed by atoms with Crippen LogP contribution in [-0.4, -0.2) is 32.9 Å². The Balaban J connectivity index is 4.98. The van der Waals surface area contributed by atoms with E-state index < -0.39 is 29.4 Å². The minimum Gasteiger partial charge on any atom is -0.481 e. The molecule has 0 radical (unpaired) electrons. The molecule has 17 heavy (non-hydrogen) atoms. The third-order valence-corrected chi connectivity index (χ3v) is 2.95. The van der Waals surface area contributed by atoms with Gasteiger partial charge in [-0.2, -0.15) is 0 Å². The van der Waals surface area contributed by atoms with Crippen molar-refractivity contribution in [3.63, 3.8) is 0 Å². The highest BCUT2D eigenvalue weighted by Gasteiger charge is 2.40. The van der Waals surface area contributed by atoms with Gasteiger partial charge in [-0.15, -0.1) is 0 Å². The molecule has 0 amide bonds. The van der Waals surface area contributed by atoms with E-state index in [0.717, 1.165) is 0 Å². The number of aliphatic carboxylic acids is 2. The Morgan fingerprint density at radius 3 is 1.88 bits per heavy atom. The SMILES string of the molecule is CC(C)C(C(CCC(=O)O)C(=O)O)C(C)(C)O. The van der Waals surface area contributed by atoms with Crippen LogP contribution in [0.1, 0.15) is 40.5 Å². The number of rotatable bonds is 7. The second-order valence-corrected chi connectivity index (χ2v) is 5.30. The van der Waals surface area contributed by atoms with Gasteiger partial charge in [-0.25, -0.2) is 0 Å². The van der Waals surface area contributed by atoms with E-state index in [1.165, 1.54) is 0 Å². The van der Waals surface area contributed by atoms with E-state index in [-0.39, 0.29) is 18.8 Å². The Morgan fingerprint density at radius 2 is 1.65 bits per heavy atom. The van der Waals surface area contributed by atoms with Crippen LogP contribution in [-0.2, 0) is 9.59 Å². The van der Waals surface area contributed by atoms with Gasteiger partial charge in [0.05, 0.1) is 11.5 Å². The van der Waals surface area contributed by atoms with Gasteiger partial charge in [0.15, 0.2) is 0 Å². The molecule has 2 atom stereocenters. The normalized spacial score (nSPS) is 15.6. The van der Waals surface area contributed by atoms with Gasteiger partial charge in [-0.3, -0.25) is 9.59 Å². The van der Waals surface area contributed by atoms with Gasteiger partial charge in [0.25, 0.3) is 0 Å². The van der Waals surface area contributed by atoms with E-state index in [4.69, 9.17) is 10.2 Å². The Bertz CT molecular complexity index is 277. The van der Waals surface area contributed by atoms with Crippen molar-refractivity contribution in [2.75, 3.05) is 0 Å². The van der Waals surface area contributed by atoms with Gasteiger partial charge in [0.2, 0.25) is 0 Å². The Labute approximate surface area is 101 Å². The minimum atomic E-state index is -1.14. The summed E-state index contributed by atoms with van der Waals surface area (Å²) in [5.74, 6) is -3.42. The van der Waals surface area contributed by atoms with Crippen LogP contribution < -0.4 is 0 Å². The zero-order chi connectivity index (χ0) is 13.8. The molecule has 5 heteroatoms. The molecule has 0 fully saturated rings. The molecule has 0 spiro atoms. The monoisotopic (exact) mass is 246 g/mol. The fourth-order valence-electron chi connectivity index (χ4n) is 2.51. The number of carboxylic acid groups (broad SMARTS) is 2. The Hall–Kier alpha value is -1.10. The first-order valence-electron chi connectivity index (χ1n) is 5.74. The van der Waals surface area contributed by atoms with Gasteiger partial charge in [-0.05, 0) is 26.2 Å². The van der Waals surface area contributed by atoms with Crippen LogP contribution in [0.25, 0.3) is 0 Å². The summed E-state index contributed by atoms with van der Waals surface area (Å²) in [5.41, 5.74) is -1.14. The standard InChI is InChI=1S/C12H22O5/c1-7(2)10(12(3,4)17)8(11(15)16)5-6-9(13)14/h7-8,10,17H,5-6H2,1-4H3,(H,13,14)(H,15,16). The number of hydrogen-bond acceptors (Lipinski definition) is 3. The second kappa shape index (κ2) is 6.00. The molecule has 0 saturated heterocycles. The molecule has 2 unspecified atom stereocenters. The predicted octanol–water partition coefficient (Wildman–Crippen LogP) is 1.60. The van der Waals surface area contributed by atoms with Crippen LogP contribution in [0, 0.1) is 17.8 Å². The molecule has 0 aromatic carbocycles. The van der Waals surface area contributed by atoms with Gasteiger partial charge < -0.3 is 15.3 Å². The van der Waals surface area contributed by atoms with Crippen molar-refractivity contribution in [1.82, 2.24) is 0 Å². The Kier molecular flexibility index (Phi) is 5.61. The molecule has 0 aliphatic heterocycles. The molecule has 100 valence electrons. The summed E-state index contributed by atoms with van der Waals surface area (Å²) in [6, 6.07) is 0. The summed E-state index contributed by atoms with van der Waals surface area (Å²) in [6.45, 7) is 6.79. The van der Waals surface area contributed by atoms with Gasteiger partial charge >= 0.3 is 11.9 Å². The van der Waals surface area contributed by atoms with Gasteiger partial charge in [0, 0.05) is 12.3 Å². The topological polar surface area (TPSA) is 94.8 Å². The van der Waals surface area contributed by atoms with E-state index in [9.17, 15) is 14.7 Å². The highest BCUT2D eigenvalue weighted by Crippen LogP contribution is 2.34. The van der Waals surface area contributed by atoms with Crippen molar-refractivity contribution in [1.29, 1.82) is 0 Å². The first-order chi connectivity index (χ1) is 7.57. The predicted molar refractivity (Wildman–Crippen MR) is 62.6 cm³/mol. The van der Waals surface area contributed by atoms with E-state index in [0.29, 0.717) is 0 Å². The van der Waals surface area contributed by atoms with Crippen molar-refractivity contribution in [3.05, 3.63) is 0 Å². The van der Waals surface area contributed by atoms with Crippen LogP contribution in [0.4, 0.5) is 0 Å². The second-order valence-electron chi connectivity index (χ2n) is 5.30. The fourth-order valence-corrected chi connectivity index (χ4v) is 2.51. The average Bonchev–Trinajstić information content (AvgIpc) is 2.07. The Morgan fingerprint density at radius 1 is 1.18 bits per heavy atom. The zero-order valence-electron chi connectivity index (χ0n) is 10.8. The summed E-state index contributed by atoms with van der Waals surface area (Å²) < 4.78 is 0. The number of aliphatic hydroxyl groups is 1. The molecule has 0 heterocycles. The third-order valence-electron chi connectivity index (χ3n) is 2.95. The molecule has 0 rings (SSSR count). The maximum absolute atomic E-state index is 11.2. The zero-order valence-corrected chi connectivity index (χ0v) is 10.8. The molecular weight excluding hydrogens is 224 g/mol. The lowest BCUT2D eigenvalue weighted by Gasteiger charge is -2.36. The van der Waals surface area contributed by atoms with Crippen LogP contribution in [0.2, 0.25) is 0 Å². The lowest BCUT2D eigenvalue weighted by molar-refractivity contribution is -0.151. The van der Waals surface area contributed by atoms with E-state index in [1.807, 2.05) is 13.8 Å². The van der Waals surface area contributed by atoms with E-state index >= 15 is 0 Å². The smallest absolute Gasteiger partial charge is 0.306 e. The molecule has 0 aromatic heterocycles. The summed E-state index contributed by atoms with van der Waals surface area (Å²) in [5, 5.41) is 27.8. The summed E-state index contributed by atoms with van der Waals surface area (Å²) in [4.78, 5) is 21.7. The number of carboxylic acids is 2. The first kappa shape index (κ1) is 15.9. The molecule has 0 aliphatic rings. The summed E-state index contributed by atoms with van der Waals surface area (Å²) in [7, 11) is 0. The highest BCUT2D eigenvalue weighted by atomic mass is 16.4. The van der Waals surface area contributed by atoms with Crippen LogP contribution in [0.15, 0.2) is 0 Å². The highest BCUT2D eigenvalue weighted by molar-refractivity contribution is 5.72. The quantitative estimate of drug-likeness (QED) is 0.634. The maximum atomic E-state index is 11.2. The van der Waals surface area contributed by atoms with E-state index in [2.05, 4.69) is 0 Å². The summed E-state index contributed by atoms with van der Waals surface area (Å²) >= 11 is 0. The molecule has 3 N–H and O–H groups in total. The van der Waals surface area contributed by atoms with Crippen molar-refractivity contribution in [2.45, 2.75) is 46.1 Å². The lowest BCUT2D eigenvalue weighted by atomic mass is 9.72. The summed E-state index contributed by atoms with van der Waals surface area (Å²) in [6.07, 6.45) is -0.159. The molecule has 5 nitrogen and oxygen atoms in total. The maximum Gasteiger partial charge on any atom is 0.306 e. The van der Waals surface area contributed by atoms with Crippen LogP contribution in [0.3, 0.4) is 0 Å². The van der Waals surface area contributed by atoms with Crippen molar-refractivity contribution in [3.8, 4) is 0 Å². The van der Waals surface area contributed by atoms with E-state index in [1.54, 1.807) is 13.8 Å². The molecule has 0 aromatic rings. The molecule has 0 aliphatic carbocycles. The van der Waals surface area contributed by atoms with Crippen LogP contribution in [0.5, 0.6) is 0 Å². The largest absolute Gasteiger partial charge is 0.481 e. The molecular formula is C12H22O5. The van der Waals surface area contributed by atoms with Crippen LogP contribution >= 0.6 is 0 Å². The van der Waals surface area contributed by atoms with Crippen molar-refractivity contribution >= 4 is 11.9 Å². The van der Waals surface area contributed by atoms with Gasteiger partial charge in [-0.1, -0.05) is 13.8 Å². The minimum absolute atomic E-state index is 0.0371. The molecule has 0 saturated carbocycles. The van der Waals surface area contributed by atoms with Gasteiger partial charge in [0.1, 0.15) is 0 Å². The first-order valence-corrected chi connectivity index (χ1v) is 5.74.